The summed E-state index contributed by atoms with van der Waals surface area (Å²) in [6.07, 6.45) is 3.15. The minimum absolute atomic E-state index is 0.334. The zero-order valence-electron chi connectivity index (χ0n) is 11.8. The minimum atomic E-state index is -0.396. The van der Waals surface area contributed by atoms with Crippen molar-refractivity contribution in [1.82, 2.24) is 5.48 Å². The van der Waals surface area contributed by atoms with Gasteiger partial charge in [0.1, 0.15) is 0 Å². The van der Waals surface area contributed by atoms with Gasteiger partial charge < -0.3 is 4.84 Å². The maximum absolute atomic E-state index is 11.9. The molecular formula is C15H21NO3. The molecule has 0 radical (unpaired) electrons. The molecule has 1 amide bonds. The standard InChI is InChI=1S/C15H21NO3/c1-4-5-6-10-14(17)19-16-15(18)13-9-7-8-11(2)12(13)3/h7-9H,4-6,10H2,1-3H3,(H,16,18). The zero-order chi connectivity index (χ0) is 14.3. The smallest absolute Gasteiger partial charge is 0.332 e. The molecule has 1 aromatic rings. The molecule has 0 heterocycles. The van der Waals surface area contributed by atoms with Crippen molar-refractivity contribution in [3.63, 3.8) is 0 Å². The number of hydrogen-bond acceptors (Lipinski definition) is 3. The second-order valence-corrected chi connectivity index (χ2v) is 4.61. The summed E-state index contributed by atoms with van der Waals surface area (Å²) in [4.78, 5) is 28.0. The monoisotopic (exact) mass is 263 g/mol. The van der Waals surface area contributed by atoms with Gasteiger partial charge in [-0.3, -0.25) is 4.79 Å². The average Bonchev–Trinajstić information content (AvgIpc) is 2.39. The summed E-state index contributed by atoms with van der Waals surface area (Å²) in [6, 6.07) is 5.45. The van der Waals surface area contributed by atoms with Gasteiger partial charge in [0.2, 0.25) is 0 Å². The Morgan fingerprint density at radius 1 is 1.21 bits per heavy atom. The van der Waals surface area contributed by atoms with Crippen molar-refractivity contribution in [3.8, 4) is 0 Å². The van der Waals surface area contributed by atoms with Crippen LogP contribution in [0.15, 0.2) is 18.2 Å². The molecule has 1 aromatic carbocycles. The van der Waals surface area contributed by atoms with Gasteiger partial charge in [0.15, 0.2) is 0 Å². The highest BCUT2D eigenvalue weighted by Gasteiger charge is 2.12. The average molecular weight is 263 g/mol. The Morgan fingerprint density at radius 2 is 1.95 bits per heavy atom. The molecule has 1 N–H and O–H groups in total. The van der Waals surface area contributed by atoms with Gasteiger partial charge in [-0.2, -0.15) is 5.48 Å². The number of rotatable bonds is 5. The van der Waals surface area contributed by atoms with E-state index < -0.39 is 5.97 Å². The predicted molar refractivity (Wildman–Crippen MR) is 73.6 cm³/mol. The Balaban J connectivity index is 2.47. The van der Waals surface area contributed by atoms with Crippen molar-refractivity contribution in [3.05, 3.63) is 34.9 Å². The van der Waals surface area contributed by atoms with Crippen LogP contribution >= 0.6 is 0 Å². The van der Waals surface area contributed by atoms with Crippen LogP contribution in [-0.4, -0.2) is 11.9 Å². The van der Waals surface area contributed by atoms with Crippen molar-refractivity contribution in [2.24, 2.45) is 0 Å². The molecule has 4 heteroatoms. The fraction of sp³-hybridized carbons (Fsp3) is 0.467. The van der Waals surface area contributed by atoms with Gasteiger partial charge in [-0.05, 0) is 37.5 Å². The molecule has 0 unspecified atom stereocenters. The molecule has 1 rings (SSSR count). The lowest BCUT2D eigenvalue weighted by Gasteiger charge is -2.09. The molecule has 4 nitrogen and oxygen atoms in total. The van der Waals surface area contributed by atoms with E-state index in [1.54, 1.807) is 12.1 Å². The summed E-state index contributed by atoms with van der Waals surface area (Å²) in [6.45, 7) is 5.86. The van der Waals surface area contributed by atoms with Gasteiger partial charge >= 0.3 is 5.97 Å². The highest BCUT2D eigenvalue weighted by molar-refractivity contribution is 5.95. The Bertz CT molecular complexity index is 455. The Labute approximate surface area is 114 Å². The largest absolute Gasteiger partial charge is 0.341 e. The third-order valence-electron chi connectivity index (χ3n) is 3.09. The Hall–Kier alpha value is -1.84. The third-order valence-corrected chi connectivity index (χ3v) is 3.09. The highest BCUT2D eigenvalue weighted by Crippen LogP contribution is 2.12. The molecule has 0 saturated heterocycles. The van der Waals surface area contributed by atoms with E-state index in [9.17, 15) is 9.59 Å². The van der Waals surface area contributed by atoms with Crippen molar-refractivity contribution < 1.29 is 14.4 Å². The van der Waals surface area contributed by atoms with E-state index in [4.69, 9.17) is 4.84 Å². The molecule has 0 aliphatic heterocycles. The van der Waals surface area contributed by atoms with Crippen LogP contribution < -0.4 is 5.48 Å². The van der Waals surface area contributed by atoms with E-state index in [1.165, 1.54) is 0 Å². The quantitative estimate of drug-likeness (QED) is 0.656. The molecule has 0 atom stereocenters. The number of aryl methyl sites for hydroxylation is 1. The van der Waals surface area contributed by atoms with Crippen LogP contribution in [0.2, 0.25) is 0 Å². The fourth-order valence-electron chi connectivity index (χ4n) is 1.73. The minimum Gasteiger partial charge on any atom is -0.341 e. The number of carbonyl (C=O) groups excluding carboxylic acids is 2. The number of hydroxylamine groups is 1. The summed E-state index contributed by atoms with van der Waals surface area (Å²) in [5.74, 6) is -0.780. The maximum Gasteiger partial charge on any atom is 0.332 e. The number of hydrogen-bond donors (Lipinski definition) is 1. The molecule has 19 heavy (non-hydrogen) atoms. The molecule has 0 spiro atoms. The molecular weight excluding hydrogens is 242 g/mol. The third kappa shape index (κ3) is 4.73. The maximum atomic E-state index is 11.9. The van der Waals surface area contributed by atoms with Crippen LogP contribution in [0.5, 0.6) is 0 Å². The molecule has 0 fully saturated rings. The second-order valence-electron chi connectivity index (χ2n) is 4.61. The van der Waals surface area contributed by atoms with E-state index in [0.29, 0.717) is 12.0 Å². The van der Waals surface area contributed by atoms with Crippen LogP contribution in [-0.2, 0) is 9.63 Å². The Morgan fingerprint density at radius 3 is 2.63 bits per heavy atom. The van der Waals surface area contributed by atoms with E-state index in [1.807, 2.05) is 19.9 Å². The lowest BCUT2D eigenvalue weighted by atomic mass is 10.0. The van der Waals surface area contributed by atoms with Gasteiger partial charge in [-0.1, -0.05) is 31.9 Å². The first-order valence-corrected chi connectivity index (χ1v) is 6.62. The SMILES string of the molecule is CCCCCC(=O)ONC(=O)c1cccc(C)c1C. The van der Waals surface area contributed by atoms with E-state index in [0.717, 1.165) is 30.4 Å². The molecule has 104 valence electrons. The topological polar surface area (TPSA) is 55.4 Å². The number of benzene rings is 1. The van der Waals surface area contributed by atoms with Crippen molar-refractivity contribution in [2.45, 2.75) is 46.5 Å². The van der Waals surface area contributed by atoms with E-state index in [2.05, 4.69) is 12.4 Å². The summed E-state index contributed by atoms with van der Waals surface area (Å²) >= 11 is 0. The number of unbranched alkanes of at least 4 members (excludes halogenated alkanes) is 2. The molecule has 0 aromatic heterocycles. The van der Waals surface area contributed by atoms with Crippen molar-refractivity contribution in [2.75, 3.05) is 0 Å². The zero-order valence-corrected chi connectivity index (χ0v) is 11.8. The second kappa shape index (κ2) is 7.56. The van der Waals surface area contributed by atoms with Crippen LogP contribution in [0.3, 0.4) is 0 Å². The fourth-order valence-corrected chi connectivity index (χ4v) is 1.73. The first kappa shape index (κ1) is 15.2. The van der Waals surface area contributed by atoms with Gasteiger partial charge in [0.05, 0.1) is 0 Å². The van der Waals surface area contributed by atoms with E-state index in [-0.39, 0.29) is 5.91 Å². The highest BCUT2D eigenvalue weighted by atomic mass is 16.7. The molecule has 0 saturated carbocycles. The van der Waals surface area contributed by atoms with Crippen LogP contribution in [0.25, 0.3) is 0 Å². The van der Waals surface area contributed by atoms with Crippen molar-refractivity contribution >= 4 is 11.9 Å². The van der Waals surface area contributed by atoms with Crippen LogP contribution in [0.1, 0.15) is 54.1 Å². The van der Waals surface area contributed by atoms with Gasteiger partial charge in [-0.25, -0.2) is 4.79 Å². The number of nitrogens with one attached hydrogen (secondary N) is 1. The van der Waals surface area contributed by atoms with Crippen LogP contribution in [0, 0.1) is 13.8 Å². The van der Waals surface area contributed by atoms with Gasteiger partial charge in [0, 0.05) is 12.0 Å². The summed E-state index contributed by atoms with van der Waals surface area (Å²) in [5, 5.41) is 0. The normalized spacial score (nSPS) is 10.1. The Kier molecular flexibility index (Phi) is 6.06. The summed E-state index contributed by atoms with van der Waals surface area (Å²) in [7, 11) is 0. The van der Waals surface area contributed by atoms with E-state index >= 15 is 0 Å². The number of carbonyl (C=O) groups is 2. The molecule has 0 aliphatic rings. The number of amides is 1. The summed E-state index contributed by atoms with van der Waals surface area (Å²) < 4.78 is 0. The summed E-state index contributed by atoms with van der Waals surface area (Å²) in [5.41, 5.74) is 4.65. The predicted octanol–water partition coefficient (Wildman–Crippen LogP) is 3.07. The first-order valence-electron chi connectivity index (χ1n) is 6.62. The van der Waals surface area contributed by atoms with Crippen LogP contribution in [0.4, 0.5) is 0 Å². The van der Waals surface area contributed by atoms with Crippen molar-refractivity contribution in [1.29, 1.82) is 0 Å². The molecule has 0 aliphatic carbocycles. The molecule has 0 bridgehead atoms. The first-order chi connectivity index (χ1) is 9.06. The van der Waals surface area contributed by atoms with Gasteiger partial charge in [0.25, 0.3) is 5.91 Å². The van der Waals surface area contributed by atoms with Gasteiger partial charge in [-0.15, -0.1) is 0 Å². The lowest BCUT2D eigenvalue weighted by Crippen LogP contribution is -2.27. The lowest BCUT2D eigenvalue weighted by molar-refractivity contribution is -0.149.